The summed E-state index contributed by atoms with van der Waals surface area (Å²) < 4.78 is 17.9. The van der Waals surface area contributed by atoms with Crippen molar-refractivity contribution >= 4 is 0 Å². The van der Waals surface area contributed by atoms with Crippen molar-refractivity contribution in [3.05, 3.63) is 29.8 Å². The minimum Gasteiger partial charge on any atom is -0.494 e. The molecule has 0 aromatic heterocycles. The lowest BCUT2D eigenvalue weighted by atomic mass is 10.1. The second-order valence-electron chi connectivity index (χ2n) is 7.46. The molecule has 1 aliphatic rings. The summed E-state index contributed by atoms with van der Waals surface area (Å²) in [6.07, 6.45) is 13.0. The molecule has 1 aromatic rings. The molecule has 26 heavy (non-hydrogen) atoms. The third-order valence-electron chi connectivity index (χ3n) is 5.11. The van der Waals surface area contributed by atoms with E-state index in [9.17, 15) is 0 Å². The highest BCUT2D eigenvalue weighted by Crippen LogP contribution is 2.26. The van der Waals surface area contributed by atoms with Gasteiger partial charge in [-0.1, -0.05) is 77.3 Å². The summed E-state index contributed by atoms with van der Waals surface area (Å²) in [5.41, 5.74) is 1.18. The van der Waals surface area contributed by atoms with Gasteiger partial charge in [0.15, 0.2) is 0 Å². The monoisotopic (exact) mass is 362 g/mol. The van der Waals surface area contributed by atoms with Gasteiger partial charge in [-0.15, -0.1) is 0 Å². The summed E-state index contributed by atoms with van der Waals surface area (Å²) >= 11 is 0. The summed E-state index contributed by atoms with van der Waals surface area (Å²) in [6, 6.07) is 8.33. The Bertz CT molecular complexity index is 449. The third kappa shape index (κ3) is 8.09. The van der Waals surface area contributed by atoms with Crippen LogP contribution in [0.3, 0.4) is 0 Å². The molecule has 0 N–H and O–H groups in total. The first-order chi connectivity index (χ1) is 12.8. The molecule has 0 amide bonds. The molecule has 3 nitrogen and oxygen atoms in total. The lowest BCUT2D eigenvalue weighted by Crippen LogP contribution is -2.31. The predicted octanol–water partition coefficient (Wildman–Crippen LogP) is 6.46. The summed E-state index contributed by atoms with van der Waals surface area (Å²) in [4.78, 5) is 0. The van der Waals surface area contributed by atoms with Crippen LogP contribution in [0, 0.1) is 0 Å². The first kappa shape index (κ1) is 21.2. The zero-order valence-electron chi connectivity index (χ0n) is 16.9. The Hall–Kier alpha value is -1.06. The van der Waals surface area contributed by atoms with Gasteiger partial charge >= 0.3 is 0 Å². The van der Waals surface area contributed by atoms with Gasteiger partial charge in [0.05, 0.1) is 25.9 Å². The van der Waals surface area contributed by atoms with Gasteiger partial charge in [0, 0.05) is 0 Å². The van der Waals surface area contributed by atoms with Crippen LogP contribution in [0.5, 0.6) is 5.75 Å². The fourth-order valence-corrected chi connectivity index (χ4v) is 3.38. The molecule has 0 radical (unpaired) electrons. The average Bonchev–Trinajstić information content (AvgIpc) is 2.69. The highest BCUT2D eigenvalue weighted by atomic mass is 16.6. The molecule has 2 unspecified atom stereocenters. The largest absolute Gasteiger partial charge is 0.494 e. The summed E-state index contributed by atoms with van der Waals surface area (Å²) in [6.45, 7) is 6.67. The smallest absolute Gasteiger partial charge is 0.119 e. The van der Waals surface area contributed by atoms with Crippen LogP contribution in [0.25, 0.3) is 0 Å². The van der Waals surface area contributed by atoms with Gasteiger partial charge in [-0.05, 0) is 30.5 Å². The maximum atomic E-state index is 6.05. The Morgan fingerprint density at radius 3 is 2.15 bits per heavy atom. The topological polar surface area (TPSA) is 27.7 Å². The van der Waals surface area contributed by atoms with E-state index in [1.807, 2.05) is 0 Å². The van der Waals surface area contributed by atoms with Crippen LogP contribution in [0.1, 0.15) is 89.7 Å². The molecule has 148 valence electrons. The van der Waals surface area contributed by atoms with E-state index in [4.69, 9.17) is 14.2 Å². The second-order valence-corrected chi connectivity index (χ2v) is 7.46. The zero-order chi connectivity index (χ0) is 18.5. The number of hydrogen-bond donors (Lipinski definition) is 0. The molecule has 1 saturated heterocycles. The van der Waals surface area contributed by atoms with E-state index in [0.717, 1.165) is 25.2 Å². The van der Waals surface area contributed by atoms with Gasteiger partial charge in [0.1, 0.15) is 11.9 Å². The zero-order valence-corrected chi connectivity index (χ0v) is 16.9. The van der Waals surface area contributed by atoms with Crippen molar-refractivity contribution in [3.8, 4) is 5.75 Å². The van der Waals surface area contributed by atoms with E-state index < -0.39 is 0 Å². The lowest BCUT2D eigenvalue weighted by molar-refractivity contribution is -0.137. The van der Waals surface area contributed by atoms with Crippen LogP contribution in [-0.2, 0) is 9.47 Å². The number of ether oxygens (including phenoxy) is 3. The van der Waals surface area contributed by atoms with E-state index in [0.29, 0.717) is 13.2 Å². The fourth-order valence-electron chi connectivity index (χ4n) is 3.38. The van der Waals surface area contributed by atoms with Gasteiger partial charge in [-0.2, -0.15) is 0 Å². The van der Waals surface area contributed by atoms with Gasteiger partial charge in [-0.25, -0.2) is 0 Å². The Balaban J connectivity index is 1.62. The average molecular weight is 363 g/mol. The minimum atomic E-state index is 0.0601. The Morgan fingerprint density at radius 1 is 0.808 bits per heavy atom. The highest BCUT2D eigenvalue weighted by molar-refractivity contribution is 5.28. The van der Waals surface area contributed by atoms with Crippen molar-refractivity contribution in [3.63, 3.8) is 0 Å². The van der Waals surface area contributed by atoms with Gasteiger partial charge in [-0.3, -0.25) is 0 Å². The molecule has 0 bridgehead atoms. The molecule has 1 aliphatic heterocycles. The van der Waals surface area contributed by atoms with Crippen LogP contribution in [0.15, 0.2) is 24.3 Å². The first-order valence-electron chi connectivity index (χ1n) is 10.8. The Morgan fingerprint density at radius 2 is 1.50 bits per heavy atom. The van der Waals surface area contributed by atoms with E-state index >= 15 is 0 Å². The van der Waals surface area contributed by atoms with Crippen molar-refractivity contribution in [1.82, 2.24) is 0 Å². The Kier molecular flexibility index (Phi) is 10.8. The van der Waals surface area contributed by atoms with E-state index in [1.165, 1.54) is 56.9 Å². The van der Waals surface area contributed by atoms with Crippen molar-refractivity contribution in [1.29, 1.82) is 0 Å². The van der Waals surface area contributed by atoms with Gasteiger partial charge in [0.2, 0.25) is 0 Å². The number of rotatable bonds is 13. The number of benzene rings is 1. The van der Waals surface area contributed by atoms with Crippen LogP contribution in [0.4, 0.5) is 0 Å². The molecule has 0 aliphatic carbocycles. The molecule has 1 heterocycles. The van der Waals surface area contributed by atoms with Crippen LogP contribution in [0.2, 0.25) is 0 Å². The van der Waals surface area contributed by atoms with Crippen molar-refractivity contribution < 1.29 is 14.2 Å². The quantitative estimate of drug-likeness (QED) is 0.377. The normalized spacial score (nSPS) is 20.2. The molecular weight excluding hydrogens is 324 g/mol. The maximum absolute atomic E-state index is 6.05. The fraction of sp³-hybridized carbons (Fsp3) is 0.739. The second kappa shape index (κ2) is 13.2. The maximum Gasteiger partial charge on any atom is 0.119 e. The molecule has 0 spiro atoms. The first-order valence-corrected chi connectivity index (χ1v) is 10.8. The standard InChI is InChI=1S/C23H38O3/c1-3-5-7-9-10-12-22-18-26-23(19-25-22)20-13-15-21(16-14-20)24-17-11-8-6-4-2/h13-16,22-23H,3-12,17-19H2,1-2H3. The van der Waals surface area contributed by atoms with E-state index in [2.05, 4.69) is 38.1 Å². The molecular formula is C23H38O3. The molecule has 1 aromatic carbocycles. The van der Waals surface area contributed by atoms with Crippen LogP contribution < -0.4 is 4.74 Å². The minimum absolute atomic E-state index is 0.0601. The SMILES string of the molecule is CCCCCCCC1COC(c2ccc(OCCCCCC)cc2)CO1. The number of unbranched alkanes of at least 4 members (excludes halogenated alkanes) is 7. The summed E-state index contributed by atoms with van der Waals surface area (Å²) in [7, 11) is 0. The summed E-state index contributed by atoms with van der Waals surface area (Å²) in [5.74, 6) is 0.951. The van der Waals surface area contributed by atoms with Crippen molar-refractivity contribution in [2.24, 2.45) is 0 Å². The van der Waals surface area contributed by atoms with Gasteiger partial charge < -0.3 is 14.2 Å². The van der Waals surface area contributed by atoms with Crippen molar-refractivity contribution in [2.75, 3.05) is 19.8 Å². The van der Waals surface area contributed by atoms with Crippen LogP contribution >= 0.6 is 0 Å². The predicted molar refractivity (Wildman–Crippen MR) is 108 cm³/mol. The van der Waals surface area contributed by atoms with Crippen LogP contribution in [-0.4, -0.2) is 25.9 Å². The molecule has 2 atom stereocenters. The summed E-state index contributed by atoms with van der Waals surface area (Å²) in [5, 5.41) is 0. The molecule has 3 heteroatoms. The number of hydrogen-bond acceptors (Lipinski definition) is 3. The molecule has 0 saturated carbocycles. The van der Waals surface area contributed by atoms with Gasteiger partial charge in [0.25, 0.3) is 0 Å². The van der Waals surface area contributed by atoms with E-state index in [1.54, 1.807) is 0 Å². The third-order valence-corrected chi connectivity index (χ3v) is 5.11. The Labute approximate surface area is 160 Å². The molecule has 1 fully saturated rings. The highest BCUT2D eigenvalue weighted by Gasteiger charge is 2.23. The van der Waals surface area contributed by atoms with Crippen molar-refractivity contribution in [2.45, 2.75) is 90.3 Å². The van der Waals surface area contributed by atoms with E-state index in [-0.39, 0.29) is 12.2 Å². The lowest BCUT2D eigenvalue weighted by Gasteiger charge is -2.30. The molecule has 2 rings (SSSR count).